The van der Waals surface area contributed by atoms with Gasteiger partial charge >= 0.3 is 12.1 Å². The van der Waals surface area contributed by atoms with Gasteiger partial charge in [-0.05, 0) is 24.3 Å². The zero-order chi connectivity index (χ0) is 21.6. The predicted octanol–water partition coefficient (Wildman–Crippen LogP) is 2.46. The van der Waals surface area contributed by atoms with E-state index in [1.54, 1.807) is 25.4 Å². The van der Waals surface area contributed by atoms with Crippen LogP contribution in [0.1, 0.15) is 16.8 Å². The third-order valence-electron chi connectivity index (χ3n) is 3.64. The van der Waals surface area contributed by atoms with E-state index in [1.165, 1.54) is 0 Å². The van der Waals surface area contributed by atoms with Crippen LogP contribution < -0.4 is 15.8 Å². The maximum Gasteiger partial charge on any atom is 0.490 e. The SMILES string of the molecule is COc1cc[nH]c1C=C1C(=O)Nc2cccc(C#CCN)c21.O=C(O)C(F)(F)F. The number of benzene rings is 1. The maximum absolute atomic E-state index is 12.3. The number of methoxy groups -OCH3 is 1. The second kappa shape index (κ2) is 8.99. The van der Waals surface area contributed by atoms with Crippen LogP contribution in [0.5, 0.6) is 5.75 Å². The number of alkyl halides is 3. The average Bonchev–Trinajstić information content (AvgIpc) is 3.24. The van der Waals surface area contributed by atoms with Crippen LogP contribution in [0.4, 0.5) is 18.9 Å². The molecular weight excluding hydrogens is 391 g/mol. The summed E-state index contributed by atoms with van der Waals surface area (Å²) in [5.74, 6) is 3.61. The molecular formula is C19H16F3N3O4. The van der Waals surface area contributed by atoms with Crippen LogP contribution in [0.25, 0.3) is 11.6 Å². The number of anilines is 1. The Hall–Kier alpha value is -3.71. The number of H-pyrrole nitrogens is 1. The van der Waals surface area contributed by atoms with Crippen molar-refractivity contribution in [1.82, 2.24) is 4.98 Å². The fourth-order valence-corrected chi connectivity index (χ4v) is 2.44. The number of aromatic amines is 1. The number of carbonyl (C=O) groups excluding carboxylic acids is 1. The number of hydrogen-bond acceptors (Lipinski definition) is 4. The van der Waals surface area contributed by atoms with Crippen molar-refractivity contribution < 1.29 is 32.6 Å². The molecule has 0 aliphatic carbocycles. The van der Waals surface area contributed by atoms with E-state index < -0.39 is 12.1 Å². The number of halogens is 3. The van der Waals surface area contributed by atoms with E-state index in [0.29, 0.717) is 11.3 Å². The molecule has 0 radical (unpaired) electrons. The fraction of sp³-hybridized carbons (Fsp3) is 0.158. The lowest BCUT2D eigenvalue weighted by atomic mass is 9.99. The first-order chi connectivity index (χ1) is 13.7. The van der Waals surface area contributed by atoms with Crippen LogP contribution in [0.2, 0.25) is 0 Å². The second-order valence-corrected chi connectivity index (χ2v) is 5.51. The van der Waals surface area contributed by atoms with Gasteiger partial charge in [0, 0.05) is 17.3 Å². The lowest BCUT2D eigenvalue weighted by Crippen LogP contribution is -2.21. The molecule has 0 spiro atoms. The Morgan fingerprint density at radius 3 is 2.62 bits per heavy atom. The molecule has 1 aliphatic heterocycles. The van der Waals surface area contributed by atoms with Gasteiger partial charge in [0.1, 0.15) is 5.75 Å². The zero-order valence-electron chi connectivity index (χ0n) is 15.1. The topological polar surface area (TPSA) is 117 Å². The second-order valence-electron chi connectivity index (χ2n) is 5.51. The Kier molecular flexibility index (Phi) is 6.69. The predicted molar refractivity (Wildman–Crippen MR) is 99.9 cm³/mol. The first-order valence-electron chi connectivity index (χ1n) is 8.06. The summed E-state index contributed by atoms with van der Waals surface area (Å²) in [6.45, 7) is 0.272. The lowest BCUT2D eigenvalue weighted by molar-refractivity contribution is -0.192. The van der Waals surface area contributed by atoms with Crippen LogP contribution in [0.15, 0.2) is 30.5 Å². The van der Waals surface area contributed by atoms with Crippen LogP contribution in [-0.4, -0.2) is 41.8 Å². The molecule has 29 heavy (non-hydrogen) atoms. The number of nitrogens with one attached hydrogen (secondary N) is 2. The van der Waals surface area contributed by atoms with Crippen molar-refractivity contribution in [2.75, 3.05) is 19.0 Å². The number of carboxylic acids is 1. The molecule has 2 heterocycles. The van der Waals surface area contributed by atoms with E-state index in [4.69, 9.17) is 20.4 Å². The summed E-state index contributed by atoms with van der Waals surface area (Å²) in [5.41, 5.74) is 9.06. The van der Waals surface area contributed by atoms with Crippen molar-refractivity contribution in [2.24, 2.45) is 5.73 Å². The summed E-state index contributed by atoms with van der Waals surface area (Å²) in [7, 11) is 1.59. The van der Waals surface area contributed by atoms with Crippen molar-refractivity contribution in [1.29, 1.82) is 0 Å². The number of aromatic nitrogens is 1. The average molecular weight is 407 g/mol. The third kappa shape index (κ3) is 5.18. The molecule has 1 aromatic heterocycles. The minimum absolute atomic E-state index is 0.159. The fourth-order valence-electron chi connectivity index (χ4n) is 2.44. The minimum Gasteiger partial charge on any atom is -0.495 e. The Morgan fingerprint density at radius 2 is 2.03 bits per heavy atom. The molecule has 0 saturated heterocycles. The number of fused-ring (bicyclic) bond motifs is 1. The first kappa shape index (κ1) is 21.6. The molecule has 0 unspecified atom stereocenters. The monoisotopic (exact) mass is 407 g/mol. The number of hydrogen-bond donors (Lipinski definition) is 4. The van der Waals surface area contributed by atoms with Gasteiger partial charge in [0.05, 0.1) is 30.6 Å². The molecule has 0 atom stereocenters. The molecule has 7 nitrogen and oxygen atoms in total. The van der Waals surface area contributed by atoms with E-state index in [0.717, 1.165) is 22.5 Å². The molecule has 10 heteroatoms. The Morgan fingerprint density at radius 1 is 1.34 bits per heavy atom. The number of amides is 1. The van der Waals surface area contributed by atoms with Crippen LogP contribution in [-0.2, 0) is 9.59 Å². The van der Waals surface area contributed by atoms with E-state index >= 15 is 0 Å². The Labute approximate surface area is 163 Å². The first-order valence-corrected chi connectivity index (χ1v) is 8.06. The molecule has 152 valence electrons. The van der Waals surface area contributed by atoms with Crippen molar-refractivity contribution in [2.45, 2.75) is 6.18 Å². The van der Waals surface area contributed by atoms with Gasteiger partial charge < -0.3 is 25.9 Å². The number of ether oxygens (including phenoxy) is 1. The van der Waals surface area contributed by atoms with Gasteiger partial charge in [-0.2, -0.15) is 13.2 Å². The van der Waals surface area contributed by atoms with Gasteiger partial charge in [-0.1, -0.05) is 17.9 Å². The number of rotatable bonds is 2. The molecule has 5 N–H and O–H groups in total. The standard InChI is InChI=1S/C17H15N3O2.C2HF3O2/c1-22-15-7-9-19-14(15)10-12-16-11(5-3-8-18)4-2-6-13(16)20-17(12)21;3-2(4,5)1(6)7/h2,4,6-7,9-10,19H,8,18H2,1H3,(H,20,21);(H,6,7). The summed E-state index contributed by atoms with van der Waals surface area (Å²) in [4.78, 5) is 24.2. The highest BCUT2D eigenvalue weighted by Gasteiger charge is 2.38. The number of carboxylic acid groups (broad SMARTS) is 1. The van der Waals surface area contributed by atoms with Crippen molar-refractivity contribution in [3.63, 3.8) is 0 Å². The van der Waals surface area contributed by atoms with E-state index in [2.05, 4.69) is 22.1 Å². The molecule has 1 amide bonds. The smallest absolute Gasteiger partial charge is 0.490 e. The van der Waals surface area contributed by atoms with E-state index in [1.807, 2.05) is 18.2 Å². The van der Waals surface area contributed by atoms with Gasteiger partial charge in [0.25, 0.3) is 5.91 Å². The zero-order valence-corrected chi connectivity index (χ0v) is 15.1. The minimum atomic E-state index is -5.08. The lowest BCUT2D eigenvalue weighted by Gasteiger charge is -2.03. The molecule has 0 fully saturated rings. The molecule has 0 saturated carbocycles. The number of nitrogens with two attached hydrogens (primary N) is 1. The number of carbonyl (C=O) groups is 2. The molecule has 0 bridgehead atoms. The molecule has 2 aromatic rings. The van der Waals surface area contributed by atoms with E-state index in [9.17, 15) is 18.0 Å². The Bertz CT molecular complexity index is 1010. The molecule has 3 rings (SSSR count). The highest BCUT2D eigenvalue weighted by Crippen LogP contribution is 2.36. The summed E-state index contributed by atoms with van der Waals surface area (Å²) < 4.78 is 37.0. The quantitative estimate of drug-likeness (QED) is 0.451. The normalized spacial score (nSPS) is 13.6. The highest BCUT2D eigenvalue weighted by molar-refractivity contribution is 6.35. The Balaban J connectivity index is 0.000000370. The molecule has 1 aliphatic rings. The summed E-state index contributed by atoms with van der Waals surface area (Å²) in [6, 6.07) is 7.40. The third-order valence-corrected chi connectivity index (χ3v) is 3.64. The summed E-state index contributed by atoms with van der Waals surface area (Å²) in [6.07, 6.45) is -1.55. The van der Waals surface area contributed by atoms with Gasteiger partial charge in [-0.3, -0.25) is 4.79 Å². The van der Waals surface area contributed by atoms with Gasteiger partial charge in [-0.25, -0.2) is 4.79 Å². The van der Waals surface area contributed by atoms with E-state index in [-0.39, 0.29) is 12.5 Å². The summed E-state index contributed by atoms with van der Waals surface area (Å²) in [5, 5.41) is 9.98. The van der Waals surface area contributed by atoms with Crippen molar-refractivity contribution >= 4 is 29.2 Å². The summed E-state index contributed by atoms with van der Waals surface area (Å²) >= 11 is 0. The molecule has 1 aromatic carbocycles. The maximum atomic E-state index is 12.3. The van der Waals surface area contributed by atoms with Crippen molar-refractivity contribution in [3.8, 4) is 17.6 Å². The van der Waals surface area contributed by atoms with Gasteiger partial charge in [0.15, 0.2) is 0 Å². The van der Waals surface area contributed by atoms with Crippen LogP contribution in [0, 0.1) is 11.8 Å². The number of aliphatic carboxylic acids is 1. The largest absolute Gasteiger partial charge is 0.495 e. The van der Waals surface area contributed by atoms with Crippen molar-refractivity contribution in [3.05, 3.63) is 47.3 Å². The highest BCUT2D eigenvalue weighted by atomic mass is 19.4. The van der Waals surface area contributed by atoms with Crippen LogP contribution >= 0.6 is 0 Å². The van der Waals surface area contributed by atoms with Gasteiger partial charge in [0.2, 0.25) is 0 Å². The van der Waals surface area contributed by atoms with Gasteiger partial charge in [-0.15, -0.1) is 0 Å². The van der Waals surface area contributed by atoms with Crippen LogP contribution in [0.3, 0.4) is 0 Å².